The standard InChI is InChI=1S/C16H16ClN5O.CH4O3S/c1-10-3-6-15(22(10)2)18-9-19-21-16(23)14-8-11-7-12(17)4-5-13(11)20-14;1-5(2,3)4/h3-9,20H,1-2H3,(H,18,19)(H,21,23);1H3,(H,2,3,4). The van der Waals surface area contributed by atoms with Crippen molar-refractivity contribution in [3.05, 3.63) is 52.8 Å². The topological polar surface area (TPSA) is 129 Å². The van der Waals surface area contributed by atoms with Gasteiger partial charge in [-0.2, -0.15) is 8.42 Å². The Morgan fingerprint density at radius 3 is 2.57 bits per heavy atom. The van der Waals surface area contributed by atoms with Gasteiger partial charge in [-0.15, -0.1) is 0 Å². The number of rotatable bonds is 4. The van der Waals surface area contributed by atoms with Crippen molar-refractivity contribution in [2.45, 2.75) is 6.92 Å². The van der Waals surface area contributed by atoms with Crippen LogP contribution in [0.1, 0.15) is 16.2 Å². The Hall–Kier alpha value is -2.82. The van der Waals surface area contributed by atoms with E-state index in [0.29, 0.717) is 17.0 Å². The lowest BCUT2D eigenvalue weighted by molar-refractivity contribution is 0.0940. The van der Waals surface area contributed by atoms with Crippen LogP contribution in [-0.2, 0) is 17.2 Å². The third-order valence-corrected chi connectivity index (χ3v) is 3.86. The lowest BCUT2D eigenvalue weighted by Gasteiger charge is -2.02. The number of hydrogen-bond acceptors (Lipinski definition) is 4. The monoisotopic (exact) mass is 425 g/mol. The summed E-state index contributed by atoms with van der Waals surface area (Å²) in [6.45, 7) is 2.00. The van der Waals surface area contributed by atoms with Gasteiger partial charge in [0.2, 0.25) is 0 Å². The van der Waals surface area contributed by atoms with E-state index in [1.165, 1.54) is 6.34 Å². The molecule has 0 atom stereocenters. The van der Waals surface area contributed by atoms with Crippen LogP contribution in [0.25, 0.3) is 10.9 Å². The summed E-state index contributed by atoms with van der Waals surface area (Å²) in [6.07, 6.45) is 2.15. The summed E-state index contributed by atoms with van der Waals surface area (Å²) in [5.74, 6) is 0.510. The second kappa shape index (κ2) is 8.91. The molecule has 1 amide bonds. The van der Waals surface area contributed by atoms with Crippen molar-refractivity contribution in [3.63, 3.8) is 0 Å². The molecule has 0 aliphatic rings. The minimum Gasteiger partial charge on any atom is -0.350 e. The van der Waals surface area contributed by atoms with E-state index in [0.717, 1.165) is 22.4 Å². The lowest BCUT2D eigenvalue weighted by atomic mass is 10.2. The number of hydrogen-bond donors (Lipinski definition) is 4. The smallest absolute Gasteiger partial charge is 0.286 e. The number of carbonyl (C=O) groups is 1. The summed E-state index contributed by atoms with van der Waals surface area (Å²) >= 11 is 5.94. The molecular weight excluding hydrogens is 406 g/mol. The molecule has 2 heterocycles. The van der Waals surface area contributed by atoms with Crippen molar-refractivity contribution in [1.29, 1.82) is 0 Å². The first kappa shape index (κ1) is 21.5. The molecular formula is C17H20ClN5O4S. The van der Waals surface area contributed by atoms with E-state index in [1.54, 1.807) is 18.2 Å². The van der Waals surface area contributed by atoms with E-state index in [-0.39, 0.29) is 5.91 Å². The molecule has 0 bridgehead atoms. The number of aromatic nitrogens is 2. The first-order valence-corrected chi connectivity index (χ1v) is 10.2. The van der Waals surface area contributed by atoms with Crippen LogP contribution >= 0.6 is 11.6 Å². The fraction of sp³-hybridized carbons (Fsp3) is 0.176. The number of aromatic amines is 1. The van der Waals surface area contributed by atoms with Crippen molar-refractivity contribution < 1.29 is 17.8 Å². The van der Waals surface area contributed by atoms with Gasteiger partial charge in [-0.1, -0.05) is 11.6 Å². The Bertz CT molecular complexity index is 1110. The summed E-state index contributed by atoms with van der Waals surface area (Å²) in [6, 6.07) is 11.0. The number of fused-ring (bicyclic) bond motifs is 1. The molecule has 0 saturated heterocycles. The second-order valence-electron chi connectivity index (χ2n) is 5.90. The number of aryl methyl sites for hydroxylation is 1. The van der Waals surface area contributed by atoms with E-state index in [9.17, 15) is 13.2 Å². The molecule has 150 valence electrons. The Morgan fingerprint density at radius 2 is 1.96 bits per heavy atom. The van der Waals surface area contributed by atoms with Crippen LogP contribution in [0, 0.1) is 6.92 Å². The predicted octanol–water partition coefficient (Wildman–Crippen LogP) is 2.57. The van der Waals surface area contributed by atoms with E-state index in [4.69, 9.17) is 16.2 Å². The minimum absolute atomic E-state index is 0.285. The van der Waals surface area contributed by atoms with Gasteiger partial charge >= 0.3 is 0 Å². The highest BCUT2D eigenvalue weighted by Gasteiger charge is 2.08. The SMILES string of the molecule is CS(=O)(=O)O.Cc1ccc(N=CNNC(=O)c2cc3cc(Cl)ccc3[nH]2)n1C. The van der Waals surface area contributed by atoms with Crippen LogP contribution in [0.4, 0.5) is 5.82 Å². The molecule has 3 rings (SSSR count). The van der Waals surface area contributed by atoms with Gasteiger partial charge in [-0.25, -0.2) is 4.99 Å². The van der Waals surface area contributed by atoms with Gasteiger partial charge in [-0.3, -0.25) is 20.2 Å². The van der Waals surface area contributed by atoms with Crippen molar-refractivity contribution in [3.8, 4) is 0 Å². The summed E-state index contributed by atoms with van der Waals surface area (Å²) in [5.41, 5.74) is 7.64. The number of nitrogens with zero attached hydrogens (tertiary/aromatic N) is 2. The Morgan fingerprint density at radius 1 is 1.29 bits per heavy atom. The summed E-state index contributed by atoms with van der Waals surface area (Å²) in [4.78, 5) is 19.3. The Labute approximate surface area is 167 Å². The zero-order valence-corrected chi connectivity index (χ0v) is 17.0. The molecule has 1 aromatic carbocycles. The van der Waals surface area contributed by atoms with Crippen LogP contribution in [-0.4, -0.2) is 41.0 Å². The van der Waals surface area contributed by atoms with Crippen LogP contribution < -0.4 is 10.9 Å². The lowest BCUT2D eigenvalue weighted by Crippen LogP contribution is -2.36. The summed E-state index contributed by atoms with van der Waals surface area (Å²) in [7, 11) is -1.74. The third-order valence-electron chi connectivity index (χ3n) is 3.62. The van der Waals surface area contributed by atoms with Gasteiger partial charge in [0.1, 0.15) is 17.9 Å². The number of hydrazine groups is 1. The van der Waals surface area contributed by atoms with Crippen LogP contribution in [0.15, 0.2) is 41.4 Å². The van der Waals surface area contributed by atoms with Gasteiger partial charge < -0.3 is 9.55 Å². The molecule has 0 spiro atoms. The zero-order valence-electron chi connectivity index (χ0n) is 15.4. The van der Waals surface area contributed by atoms with E-state index in [2.05, 4.69) is 20.8 Å². The summed E-state index contributed by atoms with van der Waals surface area (Å²) < 4.78 is 27.8. The maximum atomic E-state index is 12.1. The average molecular weight is 426 g/mol. The fourth-order valence-electron chi connectivity index (χ4n) is 2.22. The first-order chi connectivity index (χ1) is 13.0. The maximum Gasteiger partial charge on any atom is 0.286 e. The number of aliphatic imine (C=N–C) groups is 1. The van der Waals surface area contributed by atoms with Gasteiger partial charge in [0.15, 0.2) is 0 Å². The molecule has 4 N–H and O–H groups in total. The quantitative estimate of drug-likeness (QED) is 0.221. The Balaban J connectivity index is 0.000000500. The minimum atomic E-state index is -3.67. The molecule has 11 heteroatoms. The van der Waals surface area contributed by atoms with Gasteiger partial charge in [-0.05, 0) is 43.3 Å². The molecule has 0 saturated carbocycles. The summed E-state index contributed by atoms with van der Waals surface area (Å²) in [5, 5.41) is 1.52. The predicted molar refractivity (Wildman–Crippen MR) is 110 cm³/mol. The molecule has 0 fully saturated rings. The highest BCUT2D eigenvalue weighted by molar-refractivity contribution is 7.85. The number of carbonyl (C=O) groups excluding carboxylic acids is 1. The van der Waals surface area contributed by atoms with Crippen LogP contribution in [0.3, 0.4) is 0 Å². The van der Waals surface area contributed by atoms with Crippen molar-refractivity contribution in [2.75, 3.05) is 6.26 Å². The van der Waals surface area contributed by atoms with Gasteiger partial charge in [0, 0.05) is 28.7 Å². The van der Waals surface area contributed by atoms with Gasteiger partial charge in [0.25, 0.3) is 16.0 Å². The molecule has 0 aliphatic carbocycles. The van der Waals surface area contributed by atoms with Crippen molar-refractivity contribution >= 4 is 50.7 Å². The largest absolute Gasteiger partial charge is 0.350 e. The first-order valence-electron chi connectivity index (χ1n) is 7.96. The molecule has 2 aromatic heterocycles. The Kier molecular flexibility index (Phi) is 6.84. The zero-order chi connectivity index (χ0) is 20.9. The maximum absolute atomic E-state index is 12.1. The number of amides is 1. The highest BCUT2D eigenvalue weighted by Crippen LogP contribution is 2.20. The number of H-pyrrole nitrogens is 1. The number of nitrogens with one attached hydrogen (secondary N) is 3. The molecule has 3 aromatic rings. The van der Waals surface area contributed by atoms with Crippen molar-refractivity contribution in [2.24, 2.45) is 12.0 Å². The molecule has 0 radical (unpaired) electrons. The van der Waals surface area contributed by atoms with Crippen LogP contribution in [0.5, 0.6) is 0 Å². The third kappa shape index (κ3) is 6.41. The fourth-order valence-corrected chi connectivity index (χ4v) is 2.40. The number of benzene rings is 1. The van der Waals surface area contributed by atoms with Crippen molar-refractivity contribution in [1.82, 2.24) is 20.4 Å². The van der Waals surface area contributed by atoms with E-state index >= 15 is 0 Å². The van der Waals surface area contributed by atoms with Gasteiger partial charge in [0.05, 0.1) is 6.26 Å². The second-order valence-corrected chi connectivity index (χ2v) is 7.80. The van der Waals surface area contributed by atoms with E-state index in [1.807, 2.05) is 36.7 Å². The normalized spacial score (nSPS) is 11.3. The highest BCUT2D eigenvalue weighted by atomic mass is 35.5. The molecule has 28 heavy (non-hydrogen) atoms. The molecule has 0 unspecified atom stereocenters. The molecule has 9 nitrogen and oxygen atoms in total. The number of halogens is 1. The molecule has 0 aliphatic heterocycles. The average Bonchev–Trinajstić information content (AvgIpc) is 3.14. The van der Waals surface area contributed by atoms with E-state index < -0.39 is 10.1 Å². The van der Waals surface area contributed by atoms with Crippen LogP contribution in [0.2, 0.25) is 5.02 Å².